The van der Waals surface area contributed by atoms with Gasteiger partial charge in [-0.1, -0.05) is 0 Å². The largest absolute Gasteiger partial charge is 0.394 e. The highest BCUT2D eigenvalue weighted by molar-refractivity contribution is 4.89. The van der Waals surface area contributed by atoms with E-state index in [-0.39, 0.29) is 6.61 Å². The molecule has 0 radical (unpaired) electrons. The fourth-order valence-electron chi connectivity index (χ4n) is 1.45. The molecule has 0 aromatic carbocycles. The molecule has 0 amide bonds. The van der Waals surface area contributed by atoms with Crippen LogP contribution in [0.25, 0.3) is 0 Å². The predicted octanol–water partition coefficient (Wildman–Crippen LogP) is -2.82. The van der Waals surface area contributed by atoms with Crippen LogP contribution in [0.3, 0.4) is 0 Å². The molecule has 0 aromatic heterocycles. The summed E-state index contributed by atoms with van der Waals surface area (Å²) in [5, 5.41) is 46.1. The van der Waals surface area contributed by atoms with Crippen molar-refractivity contribution in [3.05, 3.63) is 0 Å². The molecule has 5 N–H and O–H groups in total. The lowest BCUT2D eigenvalue weighted by Crippen LogP contribution is -2.59. The molecule has 1 fully saturated rings. The summed E-state index contributed by atoms with van der Waals surface area (Å²) in [6.45, 7) is 0.786. The van der Waals surface area contributed by atoms with Gasteiger partial charge in [-0.3, -0.25) is 0 Å². The van der Waals surface area contributed by atoms with E-state index in [0.717, 1.165) is 0 Å². The first-order chi connectivity index (χ1) is 7.51. The van der Waals surface area contributed by atoms with Gasteiger partial charge in [0.2, 0.25) is 0 Å². The maximum absolute atomic E-state index is 9.54. The minimum absolute atomic E-state index is 0.269. The van der Waals surface area contributed by atoms with Crippen LogP contribution in [0, 0.1) is 0 Å². The second kappa shape index (κ2) is 5.87. The van der Waals surface area contributed by atoms with Crippen LogP contribution in [0.4, 0.5) is 0 Å². The van der Waals surface area contributed by atoms with E-state index in [9.17, 15) is 15.3 Å². The summed E-state index contributed by atoms with van der Waals surface area (Å²) in [6, 6.07) is 0. The van der Waals surface area contributed by atoms with Gasteiger partial charge < -0.3 is 35.0 Å². The van der Waals surface area contributed by atoms with Crippen molar-refractivity contribution >= 4 is 0 Å². The maximum Gasteiger partial charge on any atom is 0.187 e. The van der Waals surface area contributed by atoms with Gasteiger partial charge in [0.1, 0.15) is 24.4 Å². The third-order valence-corrected chi connectivity index (χ3v) is 2.47. The zero-order valence-electron chi connectivity index (χ0n) is 8.93. The Bertz CT molecular complexity index is 210. The van der Waals surface area contributed by atoms with E-state index < -0.39 is 43.4 Å². The van der Waals surface area contributed by atoms with E-state index in [1.165, 1.54) is 0 Å². The monoisotopic (exact) mass is 238 g/mol. The van der Waals surface area contributed by atoms with Crippen molar-refractivity contribution < 1.29 is 35.0 Å². The molecule has 0 saturated carbocycles. The molecule has 0 aliphatic carbocycles. The Hall–Kier alpha value is -0.280. The van der Waals surface area contributed by atoms with Crippen molar-refractivity contribution in [2.24, 2.45) is 0 Å². The van der Waals surface area contributed by atoms with Crippen LogP contribution >= 0.6 is 0 Å². The molecule has 1 saturated heterocycles. The van der Waals surface area contributed by atoms with Gasteiger partial charge in [-0.15, -0.1) is 0 Å². The van der Waals surface area contributed by atoms with Crippen molar-refractivity contribution in [1.82, 2.24) is 0 Å². The molecule has 1 heterocycles. The molecule has 7 nitrogen and oxygen atoms in total. The minimum atomic E-state index is -1.46. The van der Waals surface area contributed by atoms with E-state index >= 15 is 0 Å². The van der Waals surface area contributed by atoms with Gasteiger partial charge >= 0.3 is 0 Å². The summed E-state index contributed by atoms with van der Waals surface area (Å²) < 4.78 is 10.2. The molecule has 16 heavy (non-hydrogen) atoms. The lowest BCUT2D eigenvalue weighted by molar-refractivity contribution is -0.311. The summed E-state index contributed by atoms with van der Waals surface area (Å²) in [6.07, 6.45) is -7.04. The Kier molecular flexibility index (Phi) is 5.06. The van der Waals surface area contributed by atoms with Crippen LogP contribution in [0.2, 0.25) is 0 Å². The molecule has 1 aliphatic heterocycles. The highest BCUT2D eigenvalue weighted by Gasteiger charge is 2.44. The summed E-state index contributed by atoms with van der Waals surface area (Å²) in [4.78, 5) is 0. The molecule has 1 rings (SSSR count). The third kappa shape index (κ3) is 2.89. The molecule has 6 atom stereocenters. The van der Waals surface area contributed by atoms with Gasteiger partial charge in [-0.2, -0.15) is 0 Å². The second-order valence-corrected chi connectivity index (χ2v) is 3.83. The summed E-state index contributed by atoms with van der Waals surface area (Å²) in [7, 11) is 0. The molecule has 2 unspecified atom stereocenters. The number of ether oxygens (including phenoxy) is 2. The van der Waals surface area contributed by atoms with E-state index in [1.54, 1.807) is 6.92 Å². The highest BCUT2D eigenvalue weighted by Crippen LogP contribution is 2.22. The molecule has 0 spiro atoms. The first-order valence-electron chi connectivity index (χ1n) is 5.08. The van der Waals surface area contributed by atoms with E-state index in [2.05, 4.69) is 0 Å². The second-order valence-electron chi connectivity index (χ2n) is 3.83. The topological polar surface area (TPSA) is 120 Å². The lowest BCUT2D eigenvalue weighted by Gasteiger charge is -2.40. The average Bonchev–Trinajstić information content (AvgIpc) is 2.29. The van der Waals surface area contributed by atoms with Crippen molar-refractivity contribution in [3.63, 3.8) is 0 Å². The zero-order valence-corrected chi connectivity index (χ0v) is 8.93. The molecule has 1 aliphatic rings. The molecular formula is C9H18O7. The van der Waals surface area contributed by atoms with Crippen LogP contribution in [0.1, 0.15) is 6.92 Å². The van der Waals surface area contributed by atoms with Gasteiger partial charge in [-0.25, -0.2) is 0 Å². The van der Waals surface area contributed by atoms with E-state index in [1.807, 2.05) is 0 Å². The Morgan fingerprint density at radius 3 is 2.25 bits per heavy atom. The quantitative estimate of drug-likeness (QED) is 0.358. The first-order valence-corrected chi connectivity index (χ1v) is 5.08. The number of hydrogen-bond donors (Lipinski definition) is 5. The van der Waals surface area contributed by atoms with E-state index in [0.29, 0.717) is 0 Å². The SMILES string of the molecule is C[C@H](CO)O[C@H]1OC(CO)[C@H](O)[C@H](O)C1O. The maximum atomic E-state index is 9.54. The van der Waals surface area contributed by atoms with Gasteiger partial charge in [0.15, 0.2) is 6.29 Å². The third-order valence-electron chi connectivity index (χ3n) is 2.47. The fourth-order valence-corrected chi connectivity index (χ4v) is 1.45. The zero-order chi connectivity index (χ0) is 12.3. The Morgan fingerprint density at radius 1 is 1.12 bits per heavy atom. The van der Waals surface area contributed by atoms with Gasteiger partial charge in [-0.05, 0) is 6.92 Å². The first kappa shape index (κ1) is 13.8. The van der Waals surface area contributed by atoms with Crippen molar-refractivity contribution in [2.75, 3.05) is 13.2 Å². The predicted molar refractivity (Wildman–Crippen MR) is 51.4 cm³/mol. The van der Waals surface area contributed by atoms with Gasteiger partial charge in [0.05, 0.1) is 19.3 Å². The Balaban J connectivity index is 2.63. The van der Waals surface area contributed by atoms with Crippen molar-refractivity contribution in [2.45, 2.75) is 43.7 Å². The summed E-state index contributed by atoms with van der Waals surface area (Å²) in [5.74, 6) is 0. The number of aliphatic hydroxyl groups is 5. The summed E-state index contributed by atoms with van der Waals surface area (Å²) in [5.41, 5.74) is 0. The number of hydrogen-bond acceptors (Lipinski definition) is 7. The highest BCUT2D eigenvalue weighted by atomic mass is 16.7. The summed E-state index contributed by atoms with van der Waals surface area (Å²) >= 11 is 0. The fraction of sp³-hybridized carbons (Fsp3) is 1.00. The lowest BCUT2D eigenvalue weighted by atomic mass is 9.99. The van der Waals surface area contributed by atoms with Crippen molar-refractivity contribution in [3.8, 4) is 0 Å². The molecule has 96 valence electrons. The van der Waals surface area contributed by atoms with Crippen LogP contribution in [-0.2, 0) is 9.47 Å². The van der Waals surface area contributed by atoms with E-state index in [4.69, 9.17) is 19.7 Å². The molecule has 0 bridgehead atoms. The normalized spacial score (nSPS) is 42.0. The van der Waals surface area contributed by atoms with Crippen LogP contribution < -0.4 is 0 Å². The van der Waals surface area contributed by atoms with Crippen molar-refractivity contribution in [1.29, 1.82) is 0 Å². The Labute approximate surface area is 92.9 Å². The number of rotatable bonds is 4. The van der Waals surface area contributed by atoms with Gasteiger partial charge in [0.25, 0.3) is 0 Å². The number of aliphatic hydroxyl groups excluding tert-OH is 5. The smallest absolute Gasteiger partial charge is 0.187 e. The standard InChI is InChI=1S/C9H18O7/c1-4(2-10)15-9-8(14)7(13)6(12)5(3-11)16-9/h4-14H,2-3H2,1H3/t4-,5?,6+,7+,8?,9+/m1/s1. The average molecular weight is 238 g/mol. The minimum Gasteiger partial charge on any atom is -0.394 e. The van der Waals surface area contributed by atoms with Crippen LogP contribution in [0.5, 0.6) is 0 Å². The molecule has 7 heteroatoms. The Morgan fingerprint density at radius 2 is 1.75 bits per heavy atom. The molecule has 0 aromatic rings. The van der Waals surface area contributed by atoms with Crippen LogP contribution in [-0.4, -0.2) is 75.6 Å². The van der Waals surface area contributed by atoms with Gasteiger partial charge in [0, 0.05) is 0 Å². The van der Waals surface area contributed by atoms with Crippen LogP contribution in [0.15, 0.2) is 0 Å². The molecular weight excluding hydrogens is 220 g/mol.